The van der Waals surface area contributed by atoms with Crippen LogP contribution in [0.25, 0.3) is 0 Å². The van der Waals surface area contributed by atoms with Crippen LogP contribution in [0.5, 0.6) is 0 Å². The lowest BCUT2D eigenvalue weighted by Gasteiger charge is -2.21. The maximum absolute atomic E-state index is 3.48. The van der Waals surface area contributed by atoms with Gasteiger partial charge in [0.05, 0.1) is 0 Å². The Hall–Kier alpha value is -1.18. The molecular formula is C15H26N2. The molecule has 0 saturated heterocycles. The molecule has 1 aromatic rings. The molecule has 0 radical (unpaired) electrons. The minimum Gasteiger partial charge on any atom is -0.385 e. The maximum atomic E-state index is 3.48. The number of hydrogen-bond donors (Lipinski definition) is 1. The maximum Gasteiger partial charge on any atom is 0.0367 e. The predicted octanol–water partition coefficient (Wildman–Crippen LogP) is 3.99. The first-order valence-corrected chi connectivity index (χ1v) is 6.80. The van der Waals surface area contributed by atoms with Crippen LogP contribution in [0, 0.1) is 5.92 Å². The first kappa shape index (κ1) is 13.9. The summed E-state index contributed by atoms with van der Waals surface area (Å²) in [6.45, 7) is 12.1. The van der Waals surface area contributed by atoms with Crippen LogP contribution in [0.1, 0.15) is 34.1 Å². The van der Waals surface area contributed by atoms with Crippen LogP contribution in [0.4, 0.5) is 11.4 Å². The fourth-order valence-corrected chi connectivity index (χ4v) is 1.82. The lowest BCUT2D eigenvalue weighted by Crippen LogP contribution is -2.21. The molecule has 1 rings (SSSR count). The van der Waals surface area contributed by atoms with Crippen LogP contribution in [-0.4, -0.2) is 19.6 Å². The molecule has 2 nitrogen and oxygen atoms in total. The Morgan fingerprint density at radius 3 is 2.12 bits per heavy atom. The molecular weight excluding hydrogens is 208 g/mol. The lowest BCUT2D eigenvalue weighted by atomic mass is 10.1. The zero-order chi connectivity index (χ0) is 12.7. The largest absolute Gasteiger partial charge is 0.385 e. The molecule has 96 valence electrons. The van der Waals surface area contributed by atoms with Crippen molar-refractivity contribution in [3.8, 4) is 0 Å². The molecule has 17 heavy (non-hydrogen) atoms. The van der Waals surface area contributed by atoms with Crippen LogP contribution in [0.3, 0.4) is 0 Å². The van der Waals surface area contributed by atoms with Gasteiger partial charge >= 0.3 is 0 Å². The van der Waals surface area contributed by atoms with Crippen LogP contribution < -0.4 is 10.2 Å². The number of rotatable bonds is 7. The highest BCUT2D eigenvalue weighted by Gasteiger charge is 2.02. The predicted molar refractivity (Wildman–Crippen MR) is 77.9 cm³/mol. The average Bonchev–Trinajstić information content (AvgIpc) is 2.38. The van der Waals surface area contributed by atoms with Crippen molar-refractivity contribution in [1.82, 2.24) is 0 Å². The van der Waals surface area contributed by atoms with Gasteiger partial charge in [-0.15, -0.1) is 0 Å². The highest BCUT2D eigenvalue weighted by molar-refractivity contribution is 5.55. The van der Waals surface area contributed by atoms with E-state index in [1.165, 1.54) is 17.8 Å². The van der Waals surface area contributed by atoms with E-state index in [1.54, 1.807) is 0 Å². The van der Waals surface area contributed by atoms with Gasteiger partial charge in [0.25, 0.3) is 0 Å². The van der Waals surface area contributed by atoms with E-state index < -0.39 is 0 Å². The second-order valence-electron chi connectivity index (χ2n) is 4.61. The van der Waals surface area contributed by atoms with E-state index >= 15 is 0 Å². The number of nitrogens with zero attached hydrogens (tertiary/aromatic N) is 1. The van der Waals surface area contributed by atoms with Crippen LogP contribution in [0.15, 0.2) is 24.3 Å². The van der Waals surface area contributed by atoms with Gasteiger partial charge in [0.2, 0.25) is 0 Å². The highest BCUT2D eigenvalue weighted by atomic mass is 15.1. The van der Waals surface area contributed by atoms with Crippen molar-refractivity contribution in [3.05, 3.63) is 24.3 Å². The third-order valence-electron chi connectivity index (χ3n) is 3.35. The molecule has 0 fully saturated rings. The minimum absolute atomic E-state index is 0.734. The van der Waals surface area contributed by atoms with Gasteiger partial charge in [-0.25, -0.2) is 0 Å². The van der Waals surface area contributed by atoms with Gasteiger partial charge in [0.15, 0.2) is 0 Å². The van der Waals surface area contributed by atoms with E-state index in [1.807, 2.05) is 0 Å². The summed E-state index contributed by atoms with van der Waals surface area (Å²) in [7, 11) is 0. The Morgan fingerprint density at radius 1 is 1.06 bits per heavy atom. The molecule has 0 spiro atoms. The van der Waals surface area contributed by atoms with Crippen LogP contribution in [0.2, 0.25) is 0 Å². The normalized spacial score (nSPS) is 12.2. The molecule has 0 aromatic heterocycles. The molecule has 0 aliphatic rings. The molecule has 1 unspecified atom stereocenters. The number of benzene rings is 1. The Balaban J connectivity index is 2.55. The van der Waals surface area contributed by atoms with Gasteiger partial charge in [0.1, 0.15) is 0 Å². The van der Waals surface area contributed by atoms with E-state index in [4.69, 9.17) is 0 Å². The van der Waals surface area contributed by atoms with Crippen LogP contribution >= 0.6 is 0 Å². The van der Waals surface area contributed by atoms with Crippen LogP contribution in [-0.2, 0) is 0 Å². The van der Waals surface area contributed by atoms with Gasteiger partial charge < -0.3 is 10.2 Å². The Morgan fingerprint density at radius 2 is 1.65 bits per heavy atom. The Kier molecular flexibility index (Phi) is 5.88. The second-order valence-corrected chi connectivity index (χ2v) is 4.61. The van der Waals surface area contributed by atoms with E-state index in [0.29, 0.717) is 0 Å². The van der Waals surface area contributed by atoms with Crippen molar-refractivity contribution in [2.75, 3.05) is 29.9 Å². The average molecular weight is 234 g/mol. The zero-order valence-electron chi connectivity index (χ0n) is 11.7. The molecule has 0 heterocycles. The SMILES string of the molecule is CCC(C)CNc1ccc(N(CC)CC)cc1. The van der Waals surface area contributed by atoms with Crippen molar-refractivity contribution < 1.29 is 0 Å². The minimum atomic E-state index is 0.734. The number of nitrogens with one attached hydrogen (secondary N) is 1. The summed E-state index contributed by atoms with van der Waals surface area (Å²) < 4.78 is 0. The third-order valence-corrected chi connectivity index (χ3v) is 3.35. The zero-order valence-corrected chi connectivity index (χ0v) is 11.7. The van der Waals surface area contributed by atoms with Crippen molar-refractivity contribution in [1.29, 1.82) is 0 Å². The third kappa shape index (κ3) is 4.29. The van der Waals surface area contributed by atoms with Gasteiger partial charge in [-0.1, -0.05) is 20.3 Å². The Labute approximate surface area is 106 Å². The quantitative estimate of drug-likeness (QED) is 0.767. The lowest BCUT2D eigenvalue weighted by molar-refractivity contribution is 0.593. The van der Waals surface area contributed by atoms with E-state index in [9.17, 15) is 0 Å². The fourth-order valence-electron chi connectivity index (χ4n) is 1.82. The summed E-state index contributed by atoms with van der Waals surface area (Å²) in [5, 5.41) is 3.48. The first-order valence-electron chi connectivity index (χ1n) is 6.80. The molecule has 0 aliphatic heterocycles. The summed E-state index contributed by atoms with van der Waals surface area (Å²) in [5.74, 6) is 0.734. The fraction of sp³-hybridized carbons (Fsp3) is 0.600. The smallest absolute Gasteiger partial charge is 0.0367 e. The highest BCUT2D eigenvalue weighted by Crippen LogP contribution is 2.18. The second kappa shape index (κ2) is 7.21. The topological polar surface area (TPSA) is 15.3 Å². The molecule has 1 N–H and O–H groups in total. The van der Waals surface area contributed by atoms with Crippen molar-refractivity contribution in [2.24, 2.45) is 5.92 Å². The van der Waals surface area contributed by atoms with E-state index in [-0.39, 0.29) is 0 Å². The summed E-state index contributed by atoms with van der Waals surface area (Å²) in [4.78, 5) is 2.36. The van der Waals surface area contributed by atoms with E-state index in [2.05, 4.69) is 62.2 Å². The standard InChI is InChI=1S/C15H26N2/c1-5-13(4)12-16-14-8-10-15(11-9-14)17(6-2)7-3/h8-11,13,16H,5-7,12H2,1-4H3. The van der Waals surface area contributed by atoms with E-state index in [0.717, 1.165) is 25.6 Å². The molecule has 0 amide bonds. The van der Waals surface area contributed by atoms with Gasteiger partial charge in [0, 0.05) is 31.0 Å². The van der Waals surface area contributed by atoms with Crippen molar-refractivity contribution in [2.45, 2.75) is 34.1 Å². The van der Waals surface area contributed by atoms with Crippen molar-refractivity contribution >= 4 is 11.4 Å². The van der Waals surface area contributed by atoms with Gasteiger partial charge in [-0.3, -0.25) is 0 Å². The summed E-state index contributed by atoms with van der Waals surface area (Å²) in [5.41, 5.74) is 2.53. The molecule has 1 atom stereocenters. The summed E-state index contributed by atoms with van der Waals surface area (Å²) in [6.07, 6.45) is 1.23. The van der Waals surface area contributed by atoms with Gasteiger partial charge in [-0.05, 0) is 44.0 Å². The molecule has 0 saturated carbocycles. The summed E-state index contributed by atoms with van der Waals surface area (Å²) >= 11 is 0. The molecule has 0 aliphatic carbocycles. The molecule has 2 heteroatoms. The molecule has 0 bridgehead atoms. The van der Waals surface area contributed by atoms with Gasteiger partial charge in [-0.2, -0.15) is 0 Å². The number of hydrogen-bond acceptors (Lipinski definition) is 2. The number of anilines is 2. The summed E-state index contributed by atoms with van der Waals surface area (Å²) in [6, 6.07) is 8.75. The Bertz CT molecular complexity index is 301. The molecule has 1 aromatic carbocycles. The van der Waals surface area contributed by atoms with Crippen molar-refractivity contribution in [3.63, 3.8) is 0 Å². The first-order chi connectivity index (χ1) is 8.21. The monoisotopic (exact) mass is 234 g/mol.